The molecule has 6 nitrogen and oxygen atoms in total. The zero-order chi connectivity index (χ0) is 19.9. The van der Waals surface area contributed by atoms with Crippen molar-refractivity contribution in [3.8, 4) is 0 Å². The number of anilines is 2. The first-order chi connectivity index (χ1) is 12.2. The maximum Gasteiger partial charge on any atom is 0.337 e. The third-order valence-electron chi connectivity index (χ3n) is 3.27. The number of hydrogen-bond donors (Lipinski definition) is 1. The molecule has 0 aliphatic carbocycles. The van der Waals surface area contributed by atoms with Crippen molar-refractivity contribution < 1.29 is 19.1 Å². The van der Waals surface area contributed by atoms with Crippen LogP contribution in [0.2, 0.25) is 0 Å². The lowest BCUT2D eigenvalue weighted by Crippen LogP contribution is -2.10. The van der Waals surface area contributed by atoms with Gasteiger partial charge in [0, 0.05) is 28.7 Å². The molecule has 0 aliphatic rings. The van der Waals surface area contributed by atoms with Gasteiger partial charge in [-0.1, -0.05) is 0 Å². The largest absolute Gasteiger partial charge is 0.465 e. The van der Waals surface area contributed by atoms with Gasteiger partial charge in [0.25, 0.3) is 0 Å². The minimum Gasteiger partial charge on any atom is -0.465 e. The van der Waals surface area contributed by atoms with Crippen molar-refractivity contribution in [1.29, 1.82) is 0 Å². The summed E-state index contributed by atoms with van der Waals surface area (Å²) in [7, 11) is 6.60. The first-order valence-corrected chi connectivity index (χ1v) is 8.98. The van der Waals surface area contributed by atoms with Crippen molar-refractivity contribution in [1.82, 2.24) is 0 Å². The molecule has 0 heterocycles. The molecular weight excluding hydrogens is 468 g/mol. The van der Waals surface area contributed by atoms with Crippen LogP contribution in [0.25, 0.3) is 0 Å². The molecule has 0 spiro atoms. The van der Waals surface area contributed by atoms with Gasteiger partial charge in [-0.15, -0.1) is 0 Å². The number of ether oxygens (including phenoxy) is 2. The first-order valence-electron chi connectivity index (χ1n) is 7.39. The second kappa shape index (κ2) is 10.2. The SMILES string of the molecule is COC(=O)c1ccc(N(C)C)c(Br)c1.COC(=O)c1ccc(N)c(Br)c1. The zero-order valence-electron chi connectivity index (χ0n) is 14.9. The highest BCUT2D eigenvalue weighted by molar-refractivity contribution is 9.11. The summed E-state index contributed by atoms with van der Waals surface area (Å²) in [5.41, 5.74) is 8.19. The quantitative estimate of drug-likeness (QED) is 0.518. The van der Waals surface area contributed by atoms with Crippen molar-refractivity contribution >= 4 is 55.2 Å². The van der Waals surface area contributed by atoms with E-state index >= 15 is 0 Å². The van der Waals surface area contributed by atoms with E-state index < -0.39 is 0 Å². The Morgan fingerprint density at radius 3 is 1.73 bits per heavy atom. The molecule has 0 saturated carbocycles. The number of methoxy groups -OCH3 is 2. The summed E-state index contributed by atoms with van der Waals surface area (Å²) in [5, 5.41) is 0. The summed E-state index contributed by atoms with van der Waals surface area (Å²) in [5.74, 6) is -0.688. The Morgan fingerprint density at radius 2 is 1.35 bits per heavy atom. The van der Waals surface area contributed by atoms with E-state index in [1.165, 1.54) is 14.2 Å². The molecule has 0 unspecified atom stereocenters. The van der Waals surface area contributed by atoms with E-state index in [9.17, 15) is 9.59 Å². The van der Waals surface area contributed by atoms with Crippen LogP contribution in [0.3, 0.4) is 0 Å². The van der Waals surface area contributed by atoms with Gasteiger partial charge in [-0.3, -0.25) is 0 Å². The number of halogens is 2. The van der Waals surface area contributed by atoms with Crippen LogP contribution < -0.4 is 10.6 Å². The molecule has 0 aromatic heterocycles. The summed E-state index contributed by atoms with van der Waals surface area (Å²) >= 11 is 6.61. The average Bonchev–Trinajstić information content (AvgIpc) is 2.62. The summed E-state index contributed by atoms with van der Waals surface area (Å²) in [6.07, 6.45) is 0. The summed E-state index contributed by atoms with van der Waals surface area (Å²) in [6.45, 7) is 0. The Kier molecular flexibility index (Phi) is 8.60. The van der Waals surface area contributed by atoms with E-state index in [2.05, 4.69) is 41.3 Å². The molecule has 2 aromatic rings. The van der Waals surface area contributed by atoms with Gasteiger partial charge >= 0.3 is 11.9 Å². The van der Waals surface area contributed by atoms with Crippen LogP contribution >= 0.6 is 31.9 Å². The van der Waals surface area contributed by atoms with E-state index in [-0.39, 0.29) is 11.9 Å². The minimum atomic E-state index is -0.365. The second-order valence-electron chi connectivity index (χ2n) is 5.28. The Bertz CT molecular complexity index is 795. The van der Waals surface area contributed by atoms with Gasteiger partial charge in [0.15, 0.2) is 0 Å². The zero-order valence-corrected chi connectivity index (χ0v) is 18.0. The Hall–Kier alpha value is -2.06. The number of hydrogen-bond acceptors (Lipinski definition) is 6. The highest BCUT2D eigenvalue weighted by atomic mass is 79.9. The predicted octanol–water partition coefficient (Wildman–Crippen LogP) is 4.12. The van der Waals surface area contributed by atoms with Gasteiger partial charge in [0.1, 0.15) is 0 Å². The number of carbonyl (C=O) groups is 2. The predicted molar refractivity (Wildman–Crippen MR) is 110 cm³/mol. The fraction of sp³-hybridized carbons (Fsp3) is 0.222. The molecule has 140 valence electrons. The van der Waals surface area contributed by atoms with Crippen molar-refractivity contribution in [3.63, 3.8) is 0 Å². The smallest absolute Gasteiger partial charge is 0.337 e. The Balaban J connectivity index is 0.000000263. The molecule has 0 radical (unpaired) electrons. The highest BCUT2D eigenvalue weighted by Gasteiger charge is 2.09. The standard InChI is InChI=1S/C10H12BrNO2.C8H8BrNO2/c1-12(2)9-5-4-7(6-8(9)11)10(13)14-3;1-12-8(11)5-2-3-7(10)6(9)4-5/h4-6H,1-3H3;2-4H,10H2,1H3. The van der Waals surface area contributed by atoms with Crippen LogP contribution in [-0.2, 0) is 9.47 Å². The fourth-order valence-electron chi connectivity index (χ4n) is 1.89. The second-order valence-corrected chi connectivity index (χ2v) is 6.99. The minimum absolute atomic E-state index is 0.323. The molecule has 0 saturated heterocycles. The number of nitrogens with zero attached hydrogens (tertiary/aromatic N) is 1. The molecule has 8 heteroatoms. The lowest BCUT2D eigenvalue weighted by molar-refractivity contribution is 0.0592. The molecule has 0 aliphatic heterocycles. The highest BCUT2D eigenvalue weighted by Crippen LogP contribution is 2.26. The van der Waals surface area contributed by atoms with Gasteiger partial charge in [-0.2, -0.15) is 0 Å². The van der Waals surface area contributed by atoms with E-state index in [0.29, 0.717) is 21.3 Å². The molecule has 0 amide bonds. The van der Waals surface area contributed by atoms with Crippen molar-refractivity contribution in [2.24, 2.45) is 0 Å². The van der Waals surface area contributed by atoms with Crippen molar-refractivity contribution in [2.75, 3.05) is 38.9 Å². The average molecular weight is 488 g/mol. The van der Waals surface area contributed by atoms with Gasteiger partial charge in [0.05, 0.1) is 31.0 Å². The van der Waals surface area contributed by atoms with Crippen LogP contribution in [-0.4, -0.2) is 40.3 Å². The lowest BCUT2D eigenvalue weighted by Gasteiger charge is -2.14. The maximum atomic E-state index is 11.2. The number of esters is 2. The monoisotopic (exact) mass is 486 g/mol. The first kappa shape index (κ1) is 22.0. The molecule has 2 rings (SSSR count). The van der Waals surface area contributed by atoms with Gasteiger partial charge in [-0.05, 0) is 68.3 Å². The fourth-order valence-corrected chi connectivity index (χ4v) is 3.00. The molecule has 0 atom stereocenters. The number of nitrogens with two attached hydrogens (primary N) is 1. The third kappa shape index (κ3) is 6.03. The van der Waals surface area contributed by atoms with Gasteiger partial charge < -0.3 is 20.1 Å². The van der Waals surface area contributed by atoms with Crippen molar-refractivity contribution in [2.45, 2.75) is 0 Å². The number of rotatable bonds is 3. The molecule has 26 heavy (non-hydrogen) atoms. The van der Waals surface area contributed by atoms with Crippen LogP contribution in [0.1, 0.15) is 20.7 Å². The summed E-state index contributed by atoms with van der Waals surface area (Å²) in [6, 6.07) is 10.3. The van der Waals surface area contributed by atoms with E-state index in [0.717, 1.165) is 10.2 Å². The topological polar surface area (TPSA) is 81.9 Å². The Morgan fingerprint density at radius 1 is 0.885 bits per heavy atom. The van der Waals surface area contributed by atoms with Gasteiger partial charge in [-0.25, -0.2) is 9.59 Å². The molecular formula is C18H20Br2N2O4. The van der Waals surface area contributed by atoms with E-state index in [4.69, 9.17) is 5.73 Å². The van der Waals surface area contributed by atoms with Crippen molar-refractivity contribution in [3.05, 3.63) is 56.5 Å². The van der Waals surface area contributed by atoms with Crippen LogP contribution in [0.15, 0.2) is 45.3 Å². The summed E-state index contributed by atoms with van der Waals surface area (Å²) < 4.78 is 10.7. The molecule has 2 aromatic carbocycles. The number of nitrogen functional groups attached to an aromatic ring is 1. The van der Waals surface area contributed by atoms with E-state index in [1.807, 2.05) is 25.1 Å². The molecule has 2 N–H and O–H groups in total. The van der Waals surface area contributed by atoms with Crippen LogP contribution in [0.5, 0.6) is 0 Å². The van der Waals surface area contributed by atoms with E-state index in [1.54, 1.807) is 30.3 Å². The summed E-state index contributed by atoms with van der Waals surface area (Å²) in [4.78, 5) is 24.1. The number of benzene rings is 2. The normalized spacial score (nSPS) is 9.62. The third-order valence-corrected chi connectivity index (χ3v) is 4.59. The van der Waals surface area contributed by atoms with Gasteiger partial charge in [0.2, 0.25) is 0 Å². The molecule has 0 bridgehead atoms. The van der Waals surface area contributed by atoms with Crippen LogP contribution in [0.4, 0.5) is 11.4 Å². The van der Waals surface area contributed by atoms with Crippen LogP contribution in [0, 0.1) is 0 Å². The lowest BCUT2D eigenvalue weighted by atomic mass is 10.2. The number of carbonyl (C=O) groups excluding carboxylic acids is 2. The molecule has 0 fully saturated rings. The Labute approximate surface area is 169 Å². The maximum absolute atomic E-state index is 11.2.